The minimum Gasteiger partial charge on any atom is -0.462 e. The van der Waals surface area contributed by atoms with Crippen molar-refractivity contribution in [2.45, 2.75) is 110 Å². The zero-order chi connectivity index (χ0) is 37.8. The van der Waals surface area contributed by atoms with Crippen LogP contribution in [0.4, 0.5) is 5.82 Å². The predicted molar refractivity (Wildman–Crippen MR) is 205 cm³/mol. The lowest BCUT2D eigenvalue weighted by Gasteiger charge is -2.25. The van der Waals surface area contributed by atoms with Gasteiger partial charge in [0.2, 0.25) is 0 Å². The van der Waals surface area contributed by atoms with Gasteiger partial charge in [0, 0.05) is 6.42 Å². The van der Waals surface area contributed by atoms with Crippen LogP contribution >= 0.6 is 7.52 Å². The lowest BCUT2D eigenvalue weighted by molar-refractivity contribution is -0.149. The molecule has 4 N–H and O–H groups in total. The number of aryl methyl sites for hydroxylation is 1. The highest BCUT2D eigenvalue weighted by molar-refractivity contribution is 7.57. The van der Waals surface area contributed by atoms with Crippen molar-refractivity contribution in [1.29, 1.82) is 0 Å². The second kappa shape index (κ2) is 19.3. The number of ether oxygens (including phenoxy) is 2. The second-order valence-corrected chi connectivity index (χ2v) is 16.3. The van der Waals surface area contributed by atoms with Gasteiger partial charge in [0.15, 0.2) is 11.5 Å². The molecule has 0 radical (unpaired) electrons. The summed E-state index contributed by atoms with van der Waals surface area (Å²) in [7, 11) is -3.82. The fourth-order valence-electron chi connectivity index (χ4n) is 6.61. The number of aromatic nitrogens is 4. The number of anilines is 1. The molecule has 0 saturated heterocycles. The molecule has 0 bridgehead atoms. The van der Waals surface area contributed by atoms with Crippen LogP contribution in [0.2, 0.25) is 0 Å². The van der Waals surface area contributed by atoms with Crippen LogP contribution in [0, 0.1) is 5.92 Å². The number of nitrogen functional groups attached to an aromatic ring is 1. The fourth-order valence-corrected chi connectivity index (χ4v) is 8.39. The van der Waals surface area contributed by atoms with E-state index in [-0.39, 0.29) is 30.1 Å². The van der Waals surface area contributed by atoms with Crippen molar-refractivity contribution in [1.82, 2.24) is 29.9 Å². The number of imidazole rings is 1. The van der Waals surface area contributed by atoms with Crippen molar-refractivity contribution >= 4 is 36.3 Å². The Bertz CT molecular complexity index is 1810. The highest BCUT2D eigenvalue weighted by Crippen LogP contribution is 2.44. The summed E-state index contributed by atoms with van der Waals surface area (Å²) in [4.78, 5) is 38.8. The van der Waals surface area contributed by atoms with E-state index in [1.165, 1.54) is 24.7 Å². The number of nitrogens with one attached hydrogen (secondary N) is 2. The van der Waals surface area contributed by atoms with E-state index in [0.29, 0.717) is 42.2 Å². The second-order valence-electron chi connectivity index (χ2n) is 14.3. The van der Waals surface area contributed by atoms with Gasteiger partial charge in [0.05, 0.1) is 31.1 Å². The molecule has 5 rings (SSSR count). The van der Waals surface area contributed by atoms with Gasteiger partial charge in [-0.3, -0.25) is 14.2 Å². The van der Waals surface area contributed by atoms with E-state index in [9.17, 15) is 14.2 Å². The monoisotopic (exact) mass is 747 g/mol. The molecule has 4 atom stereocenters. The number of ketones is 1. The van der Waals surface area contributed by atoms with Crippen LogP contribution in [0.5, 0.6) is 5.75 Å². The molecule has 53 heavy (non-hydrogen) atoms. The number of nitrogens with zero attached hydrogens (tertiary/aromatic N) is 4. The van der Waals surface area contributed by atoms with Crippen LogP contribution in [0.15, 0.2) is 67.3 Å². The number of Topliss-reactive ketones (excluding diaryl/α,β-unsaturated/α-hetero) is 1. The molecule has 286 valence electrons. The van der Waals surface area contributed by atoms with Crippen molar-refractivity contribution in [3.05, 3.63) is 78.4 Å². The molecule has 1 aliphatic rings. The first-order valence-corrected chi connectivity index (χ1v) is 20.5. The Labute approximate surface area is 312 Å². The summed E-state index contributed by atoms with van der Waals surface area (Å²) in [6.45, 7) is 7.97. The van der Waals surface area contributed by atoms with Gasteiger partial charge < -0.3 is 29.6 Å². The summed E-state index contributed by atoms with van der Waals surface area (Å²) in [6.07, 6.45) is 9.49. The van der Waals surface area contributed by atoms with Crippen molar-refractivity contribution in [3.63, 3.8) is 0 Å². The topological polar surface area (TPSA) is 173 Å². The maximum absolute atomic E-state index is 14.3. The lowest BCUT2D eigenvalue weighted by Crippen LogP contribution is -2.40. The molecule has 2 aromatic heterocycles. The van der Waals surface area contributed by atoms with Gasteiger partial charge >= 0.3 is 13.5 Å². The molecule has 2 aromatic carbocycles. The van der Waals surface area contributed by atoms with Crippen molar-refractivity contribution in [2.24, 2.45) is 5.92 Å². The number of hydrogen-bond acceptors (Lipinski definition) is 11. The molecular weight excluding hydrogens is 693 g/mol. The number of carbonyl (C=O) groups is 2. The van der Waals surface area contributed by atoms with Gasteiger partial charge in [0.25, 0.3) is 0 Å². The zero-order valence-corrected chi connectivity index (χ0v) is 32.2. The van der Waals surface area contributed by atoms with Gasteiger partial charge in [-0.15, -0.1) is 0 Å². The number of fused-ring (bicyclic) bond motifs is 1. The molecule has 0 amide bonds. The summed E-state index contributed by atoms with van der Waals surface area (Å²) in [6, 6.07) is 16.4. The molecule has 13 nitrogen and oxygen atoms in total. The van der Waals surface area contributed by atoms with Gasteiger partial charge in [-0.2, -0.15) is 0 Å². The molecule has 0 unspecified atom stereocenters. The van der Waals surface area contributed by atoms with Gasteiger partial charge in [-0.1, -0.05) is 68.1 Å². The van der Waals surface area contributed by atoms with Crippen LogP contribution in [0.1, 0.15) is 77.3 Å². The first kappa shape index (κ1) is 40.0. The van der Waals surface area contributed by atoms with E-state index < -0.39 is 25.6 Å². The summed E-state index contributed by atoms with van der Waals surface area (Å²) in [5, 5.41) is 6.41. The van der Waals surface area contributed by atoms with Crippen LogP contribution in [0.25, 0.3) is 11.2 Å². The average molecular weight is 748 g/mol. The first-order chi connectivity index (χ1) is 25.5. The van der Waals surface area contributed by atoms with Crippen molar-refractivity contribution < 1.29 is 28.2 Å². The Kier molecular flexibility index (Phi) is 14.5. The third-order valence-electron chi connectivity index (χ3n) is 9.35. The fraction of sp³-hybridized carbons (Fsp3) is 0.513. The molecule has 1 aliphatic carbocycles. The van der Waals surface area contributed by atoms with Gasteiger partial charge in [0.1, 0.15) is 35.8 Å². The molecule has 2 heterocycles. The van der Waals surface area contributed by atoms with E-state index in [1.807, 2.05) is 37.3 Å². The molecule has 1 saturated carbocycles. The molecule has 0 aliphatic heterocycles. The lowest BCUT2D eigenvalue weighted by atomic mass is 9.93. The Morgan fingerprint density at radius 1 is 0.981 bits per heavy atom. The standard InChI is InChI=1S/C39H54N7O6P/c1-27(2)51-39(48)29(4)45-53(49,26-50-28(3)23-46-25-44-36-37(40)42-24-43-38(36)46)52-33-18-16-32(17-19-33)21-34(35(47)22-31-13-8-9-14-31)41-20-10-15-30-11-6-5-7-12-30/h5-7,11-12,16-19,24-25,27-29,31,34,41H,8-10,13-15,20-23,26H2,1-4H3,(H,45,49)(H2,40,42,43)/t28-,29+,34+,53+/m1/s1. The maximum atomic E-state index is 14.3. The summed E-state index contributed by atoms with van der Waals surface area (Å²) in [5.74, 6) is 0.769. The highest BCUT2D eigenvalue weighted by Gasteiger charge is 2.32. The molecule has 0 spiro atoms. The zero-order valence-electron chi connectivity index (χ0n) is 31.3. The number of benzene rings is 2. The summed E-state index contributed by atoms with van der Waals surface area (Å²) in [5.41, 5.74) is 9.21. The third-order valence-corrected chi connectivity index (χ3v) is 11.1. The predicted octanol–water partition coefficient (Wildman–Crippen LogP) is 6.26. The molecule has 4 aromatic rings. The minimum atomic E-state index is -3.82. The van der Waals surface area contributed by atoms with Crippen molar-refractivity contribution in [3.8, 4) is 5.75 Å². The molecular formula is C39H54N7O6P. The van der Waals surface area contributed by atoms with E-state index >= 15 is 0 Å². The summed E-state index contributed by atoms with van der Waals surface area (Å²) >= 11 is 0. The highest BCUT2D eigenvalue weighted by atomic mass is 31.2. The van der Waals surface area contributed by atoms with Crippen LogP contribution < -0.4 is 20.7 Å². The maximum Gasteiger partial charge on any atom is 0.342 e. The Hall–Kier alpha value is -4.16. The molecule has 14 heteroatoms. The minimum absolute atomic E-state index is 0.249. The number of rotatable bonds is 21. The number of esters is 1. The smallest absolute Gasteiger partial charge is 0.342 e. The molecule has 1 fully saturated rings. The quantitative estimate of drug-likeness (QED) is 0.0497. The van der Waals surface area contributed by atoms with Crippen LogP contribution in [-0.4, -0.2) is 68.5 Å². The van der Waals surface area contributed by atoms with E-state index in [4.69, 9.17) is 19.7 Å². The number of hydrogen-bond donors (Lipinski definition) is 3. The van der Waals surface area contributed by atoms with E-state index in [2.05, 4.69) is 37.5 Å². The number of nitrogens with two attached hydrogens (primary N) is 1. The van der Waals surface area contributed by atoms with Gasteiger partial charge in [-0.25, -0.2) is 20.0 Å². The number of carbonyl (C=O) groups excluding carboxylic acids is 2. The van der Waals surface area contributed by atoms with Crippen LogP contribution in [0.3, 0.4) is 0 Å². The van der Waals surface area contributed by atoms with E-state index in [1.54, 1.807) is 43.8 Å². The Balaban J connectivity index is 1.24. The van der Waals surface area contributed by atoms with Crippen LogP contribution in [-0.2, 0) is 43.0 Å². The van der Waals surface area contributed by atoms with Gasteiger partial charge in [-0.05, 0) is 82.7 Å². The largest absolute Gasteiger partial charge is 0.462 e. The third kappa shape index (κ3) is 12.2. The SMILES string of the molecule is CC(C)OC(=O)[C@H](C)N[P@](=O)(CO[C@H](C)Cn1cnc2c(N)ncnc21)Oc1ccc(C[C@H](NCCCc2ccccc2)C(=O)CC2CCCC2)cc1. The van der Waals surface area contributed by atoms with Crippen molar-refractivity contribution in [2.75, 3.05) is 18.6 Å². The normalized spacial score (nSPS) is 16.3. The Morgan fingerprint density at radius 2 is 1.72 bits per heavy atom. The average Bonchev–Trinajstić information content (AvgIpc) is 3.80. The Morgan fingerprint density at radius 3 is 2.43 bits per heavy atom. The summed E-state index contributed by atoms with van der Waals surface area (Å²) < 4.78 is 33.6. The van der Waals surface area contributed by atoms with E-state index in [0.717, 1.165) is 37.8 Å². The first-order valence-electron chi connectivity index (χ1n) is 18.7.